The molecule has 4 heteroatoms. The molecule has 0 spiro atoms. The van der Waals surface area contributed by atoms with Crippen molar-refractivity contribution in [3.8, 4) is 11.5 Å². The van der Waals surface area contributed by atoms with Gasteiger partial charge in [0.05, 0.1) is 12.5 Å². The molecule has 1 saturated heterocycles. The molecule has 2 atom stereocenters. The maximum absolute atomic E-state index is 11.5. The van der Waals surface area contributed by atoms with E-state index in [1.165, 1.54) is 0 Å². The summed E-state index contributed by atoms with van der Waals surface area (Å²) >= 11 is 0. The molecule has 1 aliphatic rings. The molecule has 1 fully saturated rings. The van der Waals surface area contributed by atoms with Crippen molar-refractivity contribution in [2.75, 3.05) is 6.61 Å². The first-order valence-corrected chi connectivity index (χ1v) is 9.27. The summed E-state index contributed by atoms with van der Waals surface area (Å²) in [6.07, 6.45) is 1.62. The Bertz CT molecular complexity index is 308. The van der Waals surface area contributed by atoms with Crippen LogP contribution in [0.2, 0.25) is 19.6 Å². The van der Waals surface area contributed by atoms with Crippen LogP contribution in [-0.4, -0.2) is 31.9 Å². The standard InChI is InChI=1S/C12H20O3Si/c1-16(2,3)9-7-11(13)10-6-4-5-8-15-12(10)14/h10-11,13H,4-6,8H2,1-3H3/t10-,11+/m0/s1. The Kier molecular flexibility index (Phi) is 4.57. The van der Waals surface area contributed by atoms with Crippen molar-refractivity contribution in [3.63, 3.8) is 0 Å². The molecule has 0 aliphatic carbocycles. The van der Waals surface area contributed by atoms with Crippen LogP contribution in [0.1, 0.15) is 19.3 Å². The summed E-state index contributed by atoms with van der Waals surface area (Å²) in [6.45, 7) is 6.80. The molecule has 1 rings (SSSR count). The van der Waals surface area contributed by atoms with Gasteiger partial charge in [-0.05, 0) is 19.3 Å². The molecule has 1 aliphatic heterocycles. The van der Waals surface area contributed by atoms with Gasteiger partial charge in [-0.3, -0.25) is 4.79 Å². The topological polar surface area (TPSA) is 46.5 Å². The lowest BCUT2D eigenvalue weighted by Crippen LogP contribution is -2.28. The predicted octanol–water partition coefficient (Wildman–Crippen LogP) is 1.57. The fraction of sp³-hybridized carbons (Fsp3) is 0.750. The maximum atomic E-state index is 11.5. The van der Waals surface area contributed by atoms with Gasteiger partial charge in [-0.15, -0.1) is 5.54 Å². The number of hydrogen-bond acceptors (Lipinski definition) is 3. The molecule has 0 aromatic carbocycles. The van der Waals surface area contributed by atoms with Crippen LogP contribution in [0.15, 0.2) is 0 Å². The summed E-state index contributed by atoms with van der Waals surface area (Å²) in [4.78, 5) is 11.5. The highest BCUT2D eigenvalue weighted by molar-refractivity contribution is 6.83. The Hall–Kier alpha value is -0.793. The number of ether oxygens (including phenoxy) is 1. The average Bonchev–Trinajstić information content (AvgIpc) is 2.38. The number of aliphatic hydroxyl groups is 1. The van der Waals surface area contributed by atoms with Gasteiger partial charge in [0.15, 0.2) is 0 Å². The van der Waals surface area contributed by atoms with Crippen LogP contribution >= 0.6 is 0 Å². The van der Waals surface area contributed by atoms with Crippen LogP contribution < -0.4 is 0 Å². The van der Waals surface area contributed by atoms with Gasteiger partial charge in [-0.1, -0.05) is 25.6 Å². The van der Waals surface area contributed by atoms with Crippen molar-refractivity contribution in [1.29, 1.82) is 0 Å². The Morgan fingerprint density at radius 2 is 2.12 bits per heavy atom. The van der Waals surface area contributed by atoms with E-state index in [9.17, 15) is 9.90 Å². The number of carbonyl (C=O) groups excluding carboxylic acids is 1. The molecule has 0 bridgehead atoms. The molecule has 0 amide bonds. The molecule has 1 heterocycles. The zero-order valence-corrected chi connectivity index (χ0v) is 11.2. The molecular weight excluding hydrogens is 220 g/mol. The van der Waals surface area contributed by atoms with Crippen LogP contribution in [0.3, 0.4) is 0 Å². The molecule has 90 valence electrons. The molecule has 1 N–H and O–H groups in total. The maximum Gasteiger partial charge on any atom is 0.312 e. The Morgan fingerprint density at radius 3 is 2.75 bits per heavy atom. The minimum atomic E-state index is -1.49. The summed E-state index contributed by atoms with van der Waals surface area (Å²) in [5, 5.41) is 9.88. The van der Waals surface area contributed by atoms with Crippen molar-refractivity contribution in [3.05, 3.63) is 0 Å². The molecule has 3 nitrogen and oxygen atoms in total. The summed E-state index contributed by atoms with van der Waals surface area (Å²) in [5.74, 6) is 2.07. The van der Waals surface area contributed by atoms with Crippen LogP contribution in [0.25, 0.3) is 0 Å². The molecule has 0 radical (unpaired) electrons. The van der Waals surface area contributed by atoms with Crippen molar-refractivity contribution >= 4 is 14.0 Å². The summed E-state index contributed by atoms with van der Waals surface area (Å²) in [6, 6.07) is 0. The normalized spacial score (nSPS) is 23.8. The van der Waals surface area contributed by atoms with Crippen molar-refractivity contribution < 1.29 is 14.6 Å². The summed E-state index contributed by atoms with van der Waals surface area (Å²) < 4.78 is 5.01. The van der Waals surface area contributed by atoms with Crippen LogP contribution in [0.5, 0.6) is 0 Å². The second-order valence-electron chi connectivity index (χ2n) is 5.23. The number of aliphatic hydroxyl groups excluding tert-OH is 1. The van der Waals surface area contributed by atoms with Crippen molar-refractivity contribution in [1.82, 2.24) is 0 Å². The second-order valence-corrected chi connectivity index (χ2v) is 9.98. The van der Waals surface area contributed by atoms with Gasteiger partial charge in [0.2, 0.25) is 0 Å². The Morgan fingerprint density at radius 1 is 1.44 bits per heavy atom. The van der Waals surface area contributed by atoms with Gasteiger partial charge in [0.25, 0.3) is 0 Å². The zero-order chi connectivity index (χ0) is 12.2. The van der Waals surface area contributed by atoms with Crippen LogP contribution in [-0.2, 0) is 9.53 Å². The van der Waals surface area contributed by atoms with Crippen molar-refractivity contribution in [2.24, 2.45) is 5.92 Å². The van der Waals surface area contributed by atoms with Crippen molar-refractivity contribution in [2.45, 2.75) is 45.0 Å². The van der Waals surface area contributed by atoms with Gasteiger partial charge in [0.1, 0.15) is 14.2 Å². The highest BCUT2D eigenvalue weighted by Gasteiger charge is 2.28. The third-order valence-electron chi connectivity index (χ3n) is 2.43. The third kappa shape index (κ3) is 4.38. The van der Waals surface area contributed by atoms with Gasteiger partial charge < -0.3 is 9.84 Å². The van der Waals surface area contributed by atoms with Gasteiger partial charge in [0, 0.05) is 0 Å². The average molecular weight is 240 g/mol. The van der Waals surface area contributed by atoms with E-state index in [-0.39, 0.29) is 5.97 Å². The predicted molar refractivity (Wildman–Crippen MR) is 65.4 cm³/mol. The van der Waals surface area contributed by atoms with E-state index in [4.69, 9.17) is 4.74 Å². The Balaban J connectivity index is 2.66. The highest BCUT2D eigenvalue weighted by atomic mass is 28.3. The van der Waals surface area contributed by atoms with E-state index in [2.05, 4.69) is 31.1 Å². The molecular formula is C12H20O3Si. The lowest BCUT2D eigenvalue weighted by atomic mass is 9.97. The number of carbonyl (C=O) groups is 1. The minimum Gasteiger partial charge on any atom is -0.465 e. The number of cyclic esters (lactones) is 1. The van der Waals surface area contributed by atoms with E-state index in [1.54, 1.807) is 0 Å². The van der Waals surface area contributed by atoms with Gasteiger partial charge in [-0.2, -0.15) is 0 Å². The number of rotatable bonds is 1. The first-order chi connectivity index (χ1) is 7.40. The molecule has 0 aromatic heterocycles. The largest absolute Gasteiger partial charge is 0.465 e. The molecule has 16 heavy (non-hydrogen) atoms. The smallest absolute Gasteiger partial charge is 0.312 e. The highest BCUT2D eigenvalue weighted by Crippen LogP contribution is 2.19. The lowest BCUT2D eigenvalue weighted by Gasteiger charge is -2.14. The monoisotopic (exact) mass is 240 g/mol. The van der Waals surface area contributed by atoms with Crippen LogP contribution in [0, 0.1) is 17.4 Å². The number of esters is 1. The van der Waals surface area contributed by atoms with E-state index in [0.29, 0.717) is 13.0 Å². The van der Waals surface area contributed by atoms with Gasteiger partial charge in [-0.25, -0.2) is 0 Å². The fourth-order valence-corrected chi connectivity index (χ4v) is 2.12. The zero-order valence-electron chi connectivity index (χ0n) is 10.2. The quantitative estimate of drug-likeness (QED) is 0.430. The van der Waals surface area contributed by atoms with Gasteiger partial charge >= 0.3 is 5.97 Å². The van der Waals surface area contributed by atoms with E-state index >= 15 is 0 Å². The molecule has 0 aromatic rings. The number of hydrogen-bond donors (Lipinski definition) is 1. The van der Waals surface area contributed by atoms with E-state index in [0.717, 1.165) is 12.8 Å². The minimum absolute atomic E-state index is 0.296. The van der Waals surface area contributed by atoms with Crippen LogP contribution in [0.4, 0.5) is 0 Å². The third-order valence-corrected chi connectivity index (χ3v) is 3.33. The SMILES string of the molecule is C[Si](C)(C)C#C[C@@H](O)[C@@H]1CCCCOC1=O. The summed E-state index contributed by atoms with van der Waals surface area (Å²) in [5.41, 5.74) is 3.09. The lowest BCUT2D eigenvalue weighted by molar-refractivity contribution is -0.149. The molecule has 0 saturated carbocycles. The van der Waals surface area contributed by atoms with E-state index < -0.39 is 20.1 Å². The molecule has 0 unspecified atom stereocenters. The first kappa shape index (κ1) is 13.3. The summed E-state index contributed by atoms with van der Waals surface area (Å²) in [7, 11) is -1.49. The fourth-order valence-electron chi connectivity index (χ4n) is 1.54. The van der Waals surface area contributed by atoms with E-state index in [1.807, 2.05) is 0 Å². The Labute approximate surface area is 98.2 Å². The second kappa shape index (κ2) is 5.51. The first-order valence-electron chi connectivity index (χ1n) is 5.77.